The molecule has 0 bridgehead atoms. The second-order valence-corrected chi connectivity index (χ2v) is 6.10. The van der Waals surface area contributed by atoms with Crippen molar-refractivity contribution in [3.8, 4) is 0 Å². The first kappa shape index (κ1) is 15.7. The SMILES string of the molecule is CCCCC(C)C1CCN(CCCC(C)=O)CC1. The first-order valence-corrected chi connectivity index (χ1v) is 7.85. The molecule has 1 heterocycles. The molecule has 0 N–H and O–H groups in total. The van der Waals surface area contributed by atoms with Crippen LogP contribution >= 0.6 is 0 Å². The highest BCUT2D eigenvalue weighted by Gasteiger charge is 2.23. The van der Waals surface area contributed by atoms with Gasteiger partial charge < -0.3 is 9.69 Å². The summed E-state index contributed by atoms with van der Waals surface area (Å²) in [6, 6.07) is 0. The van der Waals surface area contributed by atoms with E-state index in [1.165, 1.54) is 45.2 Å². The Hall–Kier alpha value is -0.370. The van der Waals surface area contributed by atoms with Crippen molar-refractivity contribution in [3.63, 3.8) is 0 Å². The van der Waals surface area contributed by atoms with E-state index in [2.05, 4.69) is 18.7 Å². The molecular formula is C16H31NO. The molecule has 0 saturated carbocycles. The van der Waals surface area contributed by atoms with E-state index in [4.69, 9.17) is 0 Å². The van der Waals surface area contributed by atoms with Crippen LogP contribution in [0.3, 0.4) is 0 Å². The van der Waals surface area contributed by atoms with Crippen molar-refractivity contribution in [1.29, 1.82) is 0 Å². The van der Waals surface area contributed by atoms with E-state index in [0.29, 0.717) is 5.78 Å². The van der Waals surface area contributed by atoms with Crippen molar-refractivity contribution in [1.82, 2.24) is 4.90 Å². The third kappa shape index (κ3) is 5.99. The quantitative estimate of drug-likeness (QED) is 0.654. The van der Waals surface area contributed by atoms with E-state index in [0.717, 1.165) is 31.2 Å². The van der Waals surface area contributed by atoms with E-state index >= 15 is 0 Å². The standard InChI is InChI=1S/C16H31NO/c1-4-5-7-14(2)16-9-12-17(13-10-16)11-6-8-15(3)18/h14,16H,4-13H2,1-3H3. The Labute approximate surface area is 113 Å². The molecule has 106 valence electrons. The van der Waals surface area contributed by atoms with Gasteiger partial charge in [0.05, 0.1) is 0 Å². The highest BCUT2D eigenvalue weighted by molar-refractivity contribution is 5.75. The second-order valence-electron chi connectivity index (χ2n) is 6.10. The van der Waals surface area contributed by atoms with Gasteiger partial charge in [-0.1, -0.05) is 33.1 Å². The smallest absolute Gasteiger partial charge is 0.129 e. The summed E-state index contributed by atoms with van der Waals surface area (Å²) < 4.78 is 0. The van der Waals surface area contributed by atoms with Gasteiger partial charge >= 0.3 is 0 Å². The summed E-state index contributed by atoms with van der Waals surface area (Å²) in [5.74, 6) is 2.18. The number of rotatable bonds is 8. The molecule has 0 amide bonds. The van der Waals surface area contributed by atoms with Crippen LogP contribution < -0.4 is 0 Å². The van der Waals surface area contributed by atoms with E-state index in [1.807, 2.05) is 0 Å². The Morgan fingerprint density at radius 3 is 2.50 bits per heavy atom. The molecular weight excluding hydrogens is 222 g/mol. The molecule has 1 aliphatic rings. The monoisotopic (exact) mass is 253 g/mol. The van der Waals surface area contributed by atoms with Crippen LogP contribution in [0.2, 0.25) is 0 Å². The van der Waals surface area contributed by atoms with Crippen LogP contribution in [0.5, 0.6) is 0 Å². The number of piperidine rings is 1. The van der Waals surface area contributed by atoms with Gasteiger partial charge in [0, 0.05) is 6.42 Å². The minimum atomic E-state index is 0.332. The highest BCUT2D eigenvalue weighted by atomic mass is 16.1. The number of hydrogen-bond donors (Lipinski definition) is 0. The Morgan fingerprint density at radius 2 is 1.94 bits per heavy atom. The van der Waals surface area contributed by atoms with Crippen molar-refractivity contribution in [2.75, 3.05) is 19.6 Å². The van der Waals surface area contributed by atoms with Gasteiger partial charge in [-0.2, -0.15) is 0 Å². The molecule has 1 rings (SSSR count). The minimum Gasteiger partial charge on any atom is -0.303 e. The first-order chi connectivity index (χ1) is 8.63. The molecule has 0 aliphatic carbocycles. The molecule has 1 saturated heterocycles. The lowest BCUT2D eigenvalue weighted by Gasteiger charge is -2.35. The molecule has 0 aromatic rings. The predicted molar refractivity (Wildman–Crippen MR) is 77.8 cm³/mol. The maximum Gasteiger partial charge on any atom is 0.129 e. The zero-order valence-electron chi connectivity index (χ0n) is 12.6. The van der Waals surface area contributed by atoms with Gasteiger partial charge in [0.25, 0.3) is 0 Å². The third-order valence-electron chi connectivity index (χ3n) is 4.45. The van der Waals surface area contributed by atoms with Crippen LogP contribution in [-0.4, -0.2) is 30.3 Å². The molecule has 0 aromatic heterocycles. The van der Waals surface area contributed by atoms with Gasteiger partial charge in [-0.25, -0.2) is 0 Å². The highest BCUT2D eigenvalue weighted by Crippen LogP contribution is 2.28. The zero-order chi connectivity index (χ0) is 13.4. The summed E-state index contributed by atoms with van der Waals surface area (Å²) in [6.07, 6.45) is 8.66. The van der Waals surface area contributed by atoms with Crippen molar-refractivity contribution < 1.29 is 4.79 Å². The van der Waals surface area contributed by atoms with Gasteiger partial charge in [0.15, 0.2) is 0 Å². The van der Waals surface area contributed by atoms with E-state index in [-0.39, 0.29) is 0 Å². The van der Waals surface area contributed by atoms with E-state index in [1.54, 1.807) is 6.92 Å². The number of unbranched alkanes of at least 4 members (excludes halogenated alkanes) is 1. The lowest BCUT2D eigenvalue weighted by Crippen LogP contribution is -2.36. The van der Waals surface area contributed by atoms with E-state index in [9.17, 15) is 4.79 Å². The Balaban J connectivity index is 2.14. The molecule has 0 radical (unpaired) electrons. The molecule has 18 heavy (non-hydrogen) atoms. The minimum absolute atomic E-state index is 0.332. The van der Waals surface area contributed by atoms with Crippen LogP contribution in [0, 0.1) is 11.8 Å². The fourth-order valence-electron chi connectivity index (χ4n) is 3.06. The summed E-state index contributed by atoms with van der Waals surface area (Å²) in [4.78, 5) is 13.5. The number of ketones is 1. The summed E-state index contributed by atoms with van der Waals surface area (Å²) in [5.41, 5.74) is 0. The zero-order valence-corrected chi connectivity index (χ0v) is 12.6. The summed E-state index contributed by atoms with van der Waals surface area (Å²) in [5, 5.41) is 0. The average Bonchev–Trinajstić information content (AvgIpc) is 2.36. The van der Waals surface area contributed by atoms with Crippen molar-refractivity contribution >= 4 is 5.78 Å². The van der Waals surface area contributed by atoms with Gasteiger partial charge in [0.2, 0.25) is 0 Å². The van der Waals surface area contributed by atoms with Crippen LogP contribution in [0.4, 0.5) is 0 Å². The molecule has 1 atom stereocenters. The number of carbonyl (C=O) groups excluding carboxylic acids is 1. The third-order valence-corrected chi connectivity index (χ3v) is 4.45. The van der Waals surface area contributed by atoms with Gasteiger partial charge in [-0.15, -0.1) is 0 Å². The lowest BCUT2D eigenvalue weighted by molar-refractivity contribution is -0.117. The van der Waals surface area contributed by atoms with Crippen molar-refractivity contribution in [2.24, 2.45) is 11.8 Å². The van der Waals surface area contributed by atoms with Crippen LogP contribution in [0.25, 0.3) is 0 Å². The molecule has 1 unspecified atom stereocenters. The van der Waals surface area contributed by atoms with Gasteiger partial charge in [0.1, 0.15) is 5.78 Å². The average molecular weight is 253 g/mol. The van der Waals surface area contributed by atoms with Gasteiger partial charge in [-0.05, 0) is 57.7 Å². The van der Waals surface area contributed by atoms with Crippen molar-refractivity contribution in [2.45, 2.75) is 65.7 Å². The number of hydrogen-bond acceptors (Lipinski definition) is 2. The molecule has 1 fully saturated rings. The fourth-order valence-corrected chi connectivity index (χ4v) is 3.06. The Bertz CT molecular complexity index is 231. The van der Waals surface area contributed by atoms with E-state index < -0.39 is 0 Å². The van der Waals surface area contributed by atoms with Gasteiger partial charge in [-0.3, -0.25) is 0 Å². The summed E-state index contributed by atoms with van der Waals surface area (Å²) in [6.45, 7) is 10.0. The molecule has 1 aliphatic heterocycles. The predicted octanol–water partition coefficient (Wildman–Crippen LogP) is 3.89. The summed E-state index contributed by atoms with van der Waals surface area (Å²) >= 11 is 0. The number of likely N-dealkylation sites (tertiary alicyclic amines) is 1. The van der Waals surface area contributed by atoms with Crippen LogP contribution in [0.1, 0.15) is 65.7 Å². The number of Topliss-reactive ketones (excluding diaryl/α,β-unsaturated/α-hetero) is 1. The van der Waals surface area contributed by atoms with Crippen LogP contribution in [0.15, 0.2) is 0 Å². The van der Waals surface area contributed by atoms with Crippen LogP contribution in [-0.2, 0) is 4.79 Å². The second kappa shape index (κ2) is 8.68. The fraction of sp³-hybridized carbons (Fsp3) is 0.938. The topological polar surface area (TPSA) is 20.3 Å². The molecule has 2 heteroatoms. The largest absolute Gasteiger partial charge is 0.303 e. The lowest BCUT2D eigenvalue weighted by atomic mass is 9.82. The van der Waals surface area contributed by atoms with Crippen molar-refractivity contribution in [3.05, 3.63) is 0 Å². The molecule has 0 spiro atoms. The number of carbonyl (C=O) groups is 1. The first-order valence-electron chi connectivity index (χ1n) is 7.85. The maximum atomic E-state index is 10.9. The summed E-state index contributed by atoms with van der Waals surface area (Å²) in [7, 11) is 0. The Morgan fingerprint density at radius 1 is 1.28 bits per heavy atom. The molecule has 0 aromatic carbocycles. The Kier molecular flexibility index (Phi) is 7.57. The maximum absolute atomic E-state index is 10.9. The normalized spacial score (nSPS) is 19.9. The number of nitrogens with zero attached hydrogens (tertiary/aromatic N) is 1. The molecule has 2 nitrogen and oxygen atoms in total.